The van der Waals surface area contributed by atoms with E-state index in [2.05, 4.69) is 20.2 Å². The van der Waals surface area contributed by atoms with E-state index < -0.39 is 0 Å². The minimum atomic E-state index is -0.00429. The first-order valence-corrected chi connectivity index (χ1v) is 9.66. The van der Waals surface area contributed by atoms with Crippen LogP contribution in [-0.2, 0) is 19.4 Å². The number of aromatic amines is 1. The van der Waals surface area contributed by atoms with Crippen LogP contribution in [0.3, 0.4) is 0 Å². The lowest BCUT2D eigenvalue weighted by molar-refractivity contribution is 0.0630. The van der Waals surface area contributed by atoms with Gasteiger partial charge in [-0.05, 0) is 38.7 Å². The van der Waals surface area contributed by atoms with E-state index in [4.69, 9.17) is 0 Å². The van der Waals surface area contributed by atoms with Gasteiger partial charge in [-0.2, -0.15) is 10.2 Å². The topological polar surface area (TPSA) is 87.1 Å². The normalized spacial score (nSPS) is 17.3. The molecule has 0 unspecified atom stereocenters. The molecule has 4 rings (SSSR count). The molecule has 0 saturated carbocycles. The van der Waals surface area contributed by atoms with Gasteiger partial charge in [0.1, 0.15) is 0 Å². The third-order valence-corrected chi connectivity index (χ3v) is 5.65. The van der Waals surface area contributed by atoms with Gasteiger partial charge >= 0.3 is 0 Å². The molecule has 1 fully saturated rings. The van der Waals surface area contributed by atoms with Crippen LogP contribution >= 0.6 is 0 Å². The molecule has 0 radical (unpaired) electrons. The number of carbonyl (C=O) groups excluding carboxylic acids is 1. The lowest BCUT2D eigenvalue weighted by Gasteiger charge is -2.34. The average molecular weight is 370 g/mol. The van der Waals surface area contributed by atoms with Crippen LogP contribution in [0.4, 0.5) is 0 Å². The first-order chi connectivity index (χ1) is 13.0. The van der Waals surface area contributed by atoms with Gasteiger partial charge < -0.3 is 4.90 Å². The highest BCUT2D eigenvalue weighted by molar-refractivity contribution is 5.96. The van der Waals surface area contributed by atoms with Gasteiger partial charge in [0.25, 0.3) is 11.5 Å². The molecule has 1 aliphatic carbocycles. The van der Waals surface area contributed by atoms with E-state index >= 15 is 0 Å². The number of H-pyrrole nitrogens is 1. The minimum Gasteiger partial charge on any atom is -0.336 e. The van der Waals surface area contributed by atoms with Crippen molar-refractivity contribution in [3.63, 3.8) is 0 Å². The lowest BCUT2D eigenvalue weighted by atomic mass is 10.1. The molecular formula is C19H26N6O2. The van der Waals surface area contributed by atoms with Crippen LogP contribution < -0.4 is 5.56 Å². The summed E-state index contributed by atoms with van der Waals surface area (Å²) in [7, 11) is 0. The quantitative estimate of drug-likeness (QED) is 0.848. The molecule has 2 aromatic heterocycles. The summed E-state index contributed by atoms with van der Waals surface area (Å²) in [4.78, 5) is 29.1. The fourth-order valence-corrected chi connectivity index (χ4v) is 4.03. The van der Waals surface area contributed by atoms with E-state index in [0.29, 0.717) is 25.2 Å². The molecule has 2 aromatic rings. The highest BCUT2D eigenvalue weighted by atomic mass is 16.2. The number of hydrogen-bond donors (Lipinski definition) is 1. The first-order valence-electron chi connectivity index (χ1n) is 9.66. The maximum Gasteiger partial charge on any atom is 0.267 e. The Kier molecular flexibility index (Phi) is 4.82. The summed E-state index contributed by atoms with van der Waals surface area (Å²) < 4.78 is 1.60. The zero-order valence-electron chi connectivity index (χ0n) is 16.0. The molecule has 0 aromatic carbocycles. The van der Waals surface area contributed by atoms with Gasteiger partial charge in [0.05, 0.1) is 23.5 Å². The molecule has 1 N–H and O–H groups in total. The van der Waals surface area contributed by atoms with Gasteiger partial charge in [-0.3, -0.25) is 19.6 Å². The predicted molar refractivity (Wildman–Crippen MR) is 101 cm³/mol. The van der Waals surface area contributed by atoms with Crippen molar-refractivity contribution in [1.82, 2.24) is 29.8 Å². The Labute approximate surface area is 158 Å². The van der Waals surface area contributed by atoms with Crippen molar-refractivity contribution in [2.45, 2.75) is 39.7 Å². The van der Waals surface area contributed by atoms with E-state index in [9.17, 15) is 9.59 Å². The van der Waals surface area contributed by atoms with Crippen molar-refractivity contribution in [1.29, 1.82) is 0 Å². The van der Waals surface area contributed by atoms with Gasteiger partial charge in [0, 0.05) is 44.5 Å². The van der Waals surface area contributed by atoms with E-state index in [1.807, 2.05) is 18.7 Å². The SMILES string of the molecule is Cc1n[nH]c(C)c1C(=O)N1CCN(CCn2nc3c(cc2=O)CCC3)CC1. The van der Waals surface area contributed by atoms with Crippen molar-refractivity contribution in [2.24, 2.45) is 0 Å². The molecular weight excluding hydrogens is 344 g/mol. The van der Waals surface area contributed by atoms with Gasteiger partial charge in [-0.15, -0.1) is 0 Å². The number of nitrogens with one attached hydrogen (secondary N) is 1. The Morgan fingerprint density at radius 3 is 2.63 bits per heavy atom. The highest BCUT2D eigenvalue weighted by Crippen LogP contribution is 2.17. The molecule has 8 heteroatoms. The van der Waals surface area contributed by atoms with Crippen molar-refractivity contribution < 1.29 is 4.79 Å². The number of amides is 1. The van der Waals surface area contributed by atoms with Crippen LogP contribution in [0.25, 0.3) is 0 Å². The lowest BCUT2D eigenvalue weighted by Crippen LogP contribution is -2.49. The maximum absolute atomic E-state index is 12.7. The van der Waals surface area contributed by atoms with Crippen LogP contribution in [0.2, 0.25) is 0 Å². The summed E-state index contributed by atoms with van der Waals surface area (Å²) in [5.41, 5.74) is 4.46. The summed E-state index contributed by atoms with van der Waals surface area (Å²) in [6.45, 7) is 8.10. The maximum atomic E-state index is 12.7. The van der Waals surface area contributed by atoms with Crippen molar-refractivity contribution in [3.05, 3.63) is 44.6 Å². The van der Waals surface area contributed by atoms with Crippen LogP contribution in [0.5, 0.6) is 0 Å². The van der Waals surface area contributed by atoms with Crippen LogP contribution in [0, 0.1) is 13.8 Å². The molecule has 0 bridgehead atoms. The first kappa shape index (κ1) is 17.9. The number of nitrogens with zero attached hydrogens (tertiary/aromatic N) is 5. The smallest absolute Gasteiger partial charge is 0.267 e. The fourth-order valence-electron chi connectivity index (χ4n) is 4.03. The van der Waals surface area contributed by atoms with Crippen LogP contribution in [0.1, 0.15) is 39.4 Å². The van der Waals surface area contributed by atoms with E-state index in [1.54, 1.807) is 10.7 Å². The van der Waals surface area contributed by atoms with Crippen molar-refractivity contribution >= 4 is 5.91 Å². The Bertz CT molecular complexity index is 888. The molecule has 144 valence electrons. The number of rotatable bonds is 4. The van der Waals surface area contributed by atoms with E-state index in [0.717, 1.165) is 61.5 Å². The zero-order chi connectivity index (χ0) is 19.0. The number of piperazine rings is 1. The highest BCUT2D eigenvalue weighted by Gasteiger charge is 2.25. The van der Waals surface area contributed by atoms with Crippen molar-refractivity contribution in [2.75, 3.05) is 32.7 Å². The largest absolute Gasteiger partial charge is 0.336 e. The Hall–Kier alpha value is -2.48. The second-order valence-electron chi connectivity index (χ2n) is 7.47. The summed E-state index contributed by atoms with van der Waals surface area (Å²) in [5.74, 6) is 0.0508. The number of aromatic nitrogens is 4. The summed E-state index contributed by atoms with van der Waals surface area (Å²) in [5, 5.41) is 11.5. The average Bonchev–Trinajstić information content (AvgIpc) is 3.25. The molecule has 2 aliphatic rings. The summed E-state index contributed by atoms with van der Waals surface area (Å²) in [6.07, 6.45) is 3.05. The van der Waals surface area contributed by atoms with Crippen molar-refractivity contribution in [3.8, 4) is 0 Å². The molecule has 1 aliphatic heterocycles. The molecule has 1 amide bonds. The Balaban J connectivity index is 1.33. The van der Waals surface area contributed by atoms with Gasteiger partial charge in [-0.1, -0.05) is 0 Å². The van der Waals surface area contributed by atoms with Crippen LogP contribution in [0.15, 0.2) is 10.9 Å². The molecule has 3 heterocycles. The standard InChI is InChI=1S/C19H26N6O2/c1-13-18(14(2)21-20-13)19(27)24-9-6-23(7-10-24)8-11-25-17(26)12-15-4-3-5-16(15)22-25/h12H,3-11H2,1-2H3,(H,20,21). The summed E-state index contributed by atoms with van der Waals surface area (Å²) in [6, 6.07) is 1.75. The number of carbonyl (C=O) groups is 1. The monoisotopic (exact) mass is 370 g/mol. The Morgan fingerprint density at radius 1 is 1.15 bits per heavy atom. The predicted octanol–water partition coefficient (Wildman–Crippen LogP) is 0.530. The number of fused-ring (bicyclic) bond motifs is 1. The summed E-state index contributed by atoms with van der Waals surface area (Å²) >= 11 is 0. The third kappa shape index (κ3) is 3.53. The van der Waals surface area contributed by atoms with Crippen LogP contribution in [-0.4, -0.2) is 68.4 Å². The Morgan fingerprint density at radius 2 is 1.93 bits per heavy atom. The second kappa shape index (κ2) is 7.26. The van der Waals surface area contributed by atoms with Gasteiger partial charge in [0.2, 0.25) is 0 Å². The minimum absolute atomic E-state index is 0.00429. The van der Waals surface area contributed by atoms with E-state index in [1.165, 1.54) is 0 Å². The number of aryl methyl sites for hydroxylation is 4. The number of hydrogen-bond acceptors (Lipinski definition) is 5. The third-order valence-electron chi connectivity index (χ3n) is 5.65. The molecule has 1 saturated heterocycles. The molecule has 8 nitrogen and oxygen atoms in total. The van der Waals surface area contributed by atoms with Gasteiger partial charge in [-0.25, -0.2) is 4.68 Å². The molecule has 0 spiro atoms. The van der Waals surface area contributed by atoms with E-state index in [-0.39, 0.29) is 11.5 Å². The second-order valence-corrected chi connectivity index (χ2v) is 7.47. The zero-order valence-corrected chi connectivity index (χ0v) is 16.0. The van der Waals surface area contributed by atoms with Gasteiger partial charge in [0.15, 0.2) is 0 Å². The molecule has 0 atom stereocenters. The fraction of sp³-hybridized carbons (Fsp3) is 0.579. The molecule has 27 heavy (non-hydrogen) atoms.